The zero-order chi connectivity index (χ0) is 18.4. The van der Waals surface area contributed by atoms with Gasteiger partial charge >= 0.3 is 0 Å². The fraction of sp³-hybridized carbons (Fsp3) is 0.429. The summed E-state index contributed by atoms with van der Waals surface area (Å²) in [5.41, 5.74) is 2.96. The lowest BCUT2D eigenvalue weighted by Crippen LogP contribution is -2.30. The lowest BCUT2D eigenvalue weighted by atomic mass is 9.87. The molecule has 3 aromatic rings. The summed E-state index contributed by atoms with van der Waals surface area (Å²) in [6.45, 7) is 0.732. The molecule has 2 aliphatic carbocycles. The van der Waals surface area contributed by atoms with Crippen LogP contribution in [0.25, 0.3) is 10.7 Å². The molecule has 4 nitrogen and oxygen atoms in total. The number of aryl methyl sites for hydroxylation is 1. The molecule has 2 aromatic heterocycles. The average Bonchev–Trinajstić information content (AvgIpc) is 3.27. The zero-order valence-corrected chi connectivity index (χ0v) is 17.2. The molecule has 0 spiro atoms. The fourth-order valence-electron chi connectivity index (χ4n) is 4.24. The second-order valence-corrected chi connectivity index (χ2v) is 9.00. The normalized spacial score (nSPS) is 19.4. The maximum absolute atomic E-state index is 5.84. The molecular weight excluding hydrogens is 372 g/mol. The summed E-state index contributed by atoms with van der Waals surface area (Å²) < 4.78 is 5.17. The van der Waals surface area contributed by atoms with Crippen molar-refractivity contribution in [2.24, 2.45) is 0 Å². The second kappa shape index (κ2) is 7.00. The van der Waals surface area contributed by atoms with Gasteiger partial charge in [-0.15, -0.1) is 16.4 Å². The minimum atomic E-state index is 0.438. The highest BCUT2D eigenvalue weighted by atomic mass is 32.1. The van der Waals surface area contributed by atoms with Crippen molar-refractivity contribution in [2.45, 2.75) is 50.9 Å². The summed E-state index contributed by atoms with van der Waals surface area (Å²) >= 11 is 7.58. The van der Waals surface area contributed by atoms with Crippen LogP contribution in [0, 0.1) is 4.77 Å². The maximum atomic E-state index is 5.84. The Hall–Kier alpha value is -1.76. The molecule has 0 radical (unpaired) electrons. The fourth-order valence-corrected chi connectivity index (χ4v) is 5.28. The van der Waals surface area contributed by atoms with Crippen molar-refractivity contribution in [2.75, 3.05) is 7.05 Å². The Balaban J connectivity index is 1.46. The van der Waals surface area contributed by atoms with E-state index in [1.165, 1.54) is 48.1 Å². The lowest BCUT2D eigenvalue weighted by Gasteiger charge is -2.33. The molecule has 27 heavy (non-hydrogen) atoms. The van der Waals surface area contributed by atoms with Gasteiger partial charge < -0.3 is 0 Å². The van der Waals surface area contributed by atoms with Crippen LogP contribution >= 0.6 is 23.6 Å². The summed E-state index contributed by atoms with van der Waals surface area (Å²) in [4.78, 5) is 3.62. The molecule has 1 fully saturated rings. The topological polar surface area (TPSA) is 26.0 Å². The van der Waals surface area contributed by atoms with E-state index in [2.05, 4.69) is 58.3 Å². The van der Waals surface area contributed by atoms with Gasteiger partial charge in [0.05, 0.1) is 11.5 Å². The highest BCUT2D eigenvalue weighted by molar-refractivity contribution is 7.71. The van der Waals surface area contributed by atoms with Gasteiger partial charge in [0.1, 0.15) is 0 Å². The molecule has 2 aliphatic rings. The van der Waals surface area contributed by atoms with Gasteiger partial charge in [-0.25, -0.2) is 4.68 Å². The third-order valence-electron chi connectivity index (χ3n) is 5.75. The van der Waals surface area contributed by atoms with Gasteiger partial charge in [-0.3, -0.25) is 9.47 Å². The Morgan fingerprint density at radius 3 is 2.81 bits per heavy atom. The van der Waals surface area contributed by atoms with Crippen LogP contribution in [0.5, 0.6) is 0 Å². The Morgan fingerprint density at radius 2 is 2.04 bits per heavy atom. The van der Waals surface area contributed by atoms with Crippen LogP contribution in [0.1, 0.15) is 48.9 Å². The van der Waals surface area contributed by atoms with E-state index < -0.39 is 0 Å². The number of benzene rings is 1. The standard InChI is InChI=1S/C21H24N4S2/c1-23(18-9-4-7-15-6-2-3-8-17(15)18)14-24-21(26)25(16-11-12-16)20(22-24)19-10-5-13-27-19/h2-3,5-6,8,10,13,16,18H,4,7,9,11-12,14H2,1H3/t18-/m1/s1. The number of nitrogens with zero attached hydrogens (tertiary/aromatic N) is 4. The highest BCUT2D eigenvalue weighted by Gasteiger charge is 2.30. The number of thiophene rings is 1. The van der Waals surface area contributed by atoms with Crippen LogP contribution in [0.2, 0.25) is 0 Å². The molecule has 0 N–H and O–H groups in total. The van der Waals surface area contributed by atoms with Crippen LogP contribution in [-0.4, -0.2) is 26.3 Å². The van der Waals surface area contributed by atoms with E-state index in [0.717, 1.165) is 17.3 Å². The summed E-state index contributed by atoms with van der Waals surface area (Å²) in [7, 11) is 2.20. The van der Waals surface area contributed by atoms with Crippen LogP contribution in [0.3, 0.4) is 0 Å². The third kappa shape index (κ3) is 3.20. The molecule has 1 atom stereocenters. The van der Waals surface area contributed by atoms with Crippen molar-refractivity contribution in [3.8, 4) is 10.7 Å². The van der Waals surface area contributed by atoms with Gasteiger partial charge in [0.25, 0.3) is 0 Å². The molecule has 6 heteroatoms. The molecular formula is C21H24N4S2. The van der Waals surface area contributed by atoms with E-state index in [1.807, 2.05) is 4.68 Å². The van der Waals surface area contributed by atoms with E-state index in [1.54, 1.807) is 11.3 Å². The molecule has 5 rings (SSSR count). The first-order valence-electron chi connectivity index (χ1n) is 9.73. The number of hydrogen-bond acceptors (Lipinski definition) is 4. The van der Waals surface area contributed by atoms with Gasteiger partial charge in [0.15, 0.2) is 10.6 Å². The first kappa shape index (κ1) is 17.3. The van der Waals surface area contributed by atoms with Gasteiger partial charge in [-0.1, -0.05) is 30.3 Å². The van der Waals surface area contributed by atoms with Crippen molar-refractivity contribution >= 4 is 23.6 Å². The minimum Gasteiger partial charge on any atom is -0.296 e. The number of hydrogen-bond donors (Lipinski definition) is 0. The van der Waals surface area contributed by atoms with Crippen molar-refractivity contribution < 1.29 is 0 Å². The largest absolute Gasteiger partial charge is 0.296 e. The highest BCUT2D eigenvalue weighted by Crippen LogP contribution is 2.40. The number of rotatable bonds is 5. The van der Waals surface area contributed by atoms with Gasteiger partial charge in [-0.05, 0) is 73.9 Å². The maximum Gasteiger partial charge on any atom is 0.199 e. The zero-order valence-electron chi connectivity index (χ0n) is 15.5. The SMILES string of the molecule is CN(Cn1nc(-c2cccs2)n(C2CC2)c1=S)[C@@H]1CCCc2ccccc21. The van der Waals surface area contributed by atoms with Crippen LogP contribution in [0.4, 0.5) is 0 Å². The van der Waals surface area contributed by atoms with Gasteiger partial charge in [-0.2, -0.15) is 0 Å². The Bertz CT molecular complexity index is 998. The van der Waals surface area contributed by atoms with E-state index in [0.29, 0.717) is 12.1 Å². The molecule has 0 amide bonds. The molecule has 0 saturated heterocycles. The average molecular weight is 397 g/mol. The number of fused-ring (bicyclic) bond motifs is 1. The van der Waals surface area contributed by atoms with Crippen molar-refractivity contribution in [1.82, 2.24) is 19.2 Å². The van der Waals surface area contributed by atoms with E-state index >= 15 is 0 Å². The van der Waals surface area contributed by atoms with Crippen LogP contribution in [0.15, 0.2) is 41.8 Å². The molecule has 0 bridgehead atoms. The monoisotopic (exact) mass is 396 g/mol. The van der Waals surface area contributed by atoms with Crippen molar-refractivity contribution in [3.05, 3.63) is 57.7 Å². The van der Waals surface area contributed by atoms with E-state index in [4.69, 9.17) is 17.3 Å². The number of aromatic nitrogens is 3. The summed E-state index contributed by atoms with van der Waals surface area (Å²) in [5, 5.41) is 7.06. The van der Waals surface area contributed by atoms with Crippen LogP contribution < -0.4 is 0 Å². The second-order valence-electron chi connectivity index (χ2n) is 7.69. The van der Waals surface area contributed by atoms with Crippen LogP contribution in [-0.2, 0) is 13.1 Å². The predicted molar refractivity (Wildman–Crippen MR) is 113 cm³/mol. The molecule has 140 valence electrons. The molecule has 0 aliphatic heterocycles. The van der Waals surface area contributed by atoms with Gasteiger partial charge in [0.2, 0.25) is 0 Å². The first-order chi connectivity index (χ1) is 13.2. The smallest absolute Gasteiger partial charge is 0.199 e. The lowest BCUT2D eigenvalue weighted by molar-refractivity contribution is 0.165. The first-order valence-corrected chi connectivity index (χ1v) is 11.0. The third-order valence-corrected chi connectivity index (χ3v) is 7.02. The Morgan fingerprint density at radius 1 is 1.19 bits per heavy atom. The summed E-state index contributed by atoms with van der Waals surface area (Å²) in [6, 6.07) is 14.1. The molecule has 1 aromatic carbocycles. The predicted octanol–water partition coefficient (Wildman–Crippen LogP) is 5.44. The Kier molecular flexibility index (Phi) is 4.50. The molecule has 2 heterocycles. The summed E-state index contributed by atoms with van der Waals surface area (Å²) in [6.07, 6.45) is 6.06. The van der Waals surface area contributed by atoms with E-state index in [9.17, 15) is 0 Å². The van der Waals surface area contributed by atoms with Crippen molar-refractivity contribution in [1.29, 1.82) is 0 Å². The van der Waals surface area contributed by atoms with Crippen molar-refractivity contribution in [3.63, 3.8) is 0 Å². The van der Waals surface area contributed by atoms with E-state index in [-0.39, 0.29) is 0 Å². The Labute approximate surface area is 169 Å². The quantitative estimate of drug-likeness (QED) is 0.537. The van der Waals surface area contributed by atoms with Gasteiger partial charge in [0, 0.05) is 12.1 Å². The summed E-state index contributed by atoms with van der Waals surface area (Å²) in [5.74, 6) is 1.04. The minimum absolute atomic E-state index is 0.438. The molecule has 1 saturated carbocycles. The molecule has 0 unspecified atom stereocenters.